The number of esters is 1. The van der Waals surface area contributed by atoms with Crippen LogP contribution in [0.15, 0.2) is 0 Å². The molecule has 5 atom stereocenters. The molecular formula is C15H26O3. The van der Waals surface area contributed by atoms with E-state index >= 15 is 0 Å². The Balaban J connectivity index is 1.98. The lowest BCUT2D eigenvalue weighted by Crippen LogP contribution is -2.39. The fourth-order valence-corrected chi connectivity index (χ4v) is 3.05. The summed E-state index contributed by atoms with van der Waals surface area (Å²) in [4.78, 5) is 12.1. The predicted molar refractivity (Wildman–Crippen MR) is 70.2 cm³/mol. The van der Waals surface area contributed by atoms with Crippen molar-refractivity contribution in [3.05, 3.63) is 0 Å². The summed E-state index contributed by atoms with van der Waals surface area (Å²) >= 11 is 0. The van der Waals surface area contributed by atoms with Crippen molar-refractivity contribution in [3.8, 4) is 0 Å². The molecule has 2 fully saturated rings. The van der Waals surface area contributed by atoms with Crippen LogP contribution in [0, 0.1) is 17.8 Å². The summed E-state index contributed by atoms with van der Waals surface area (Å²) in [5, 5.41) is 0. The number of rotatable bonds is 3. The van der Waals surface area contributed by atoms with Crippen LogP contribution < -0.4 is 0 Å². The van der Waals surface area contributed by atoms with Crippen LogP contribution >= 0.6 is 0 Å². The number of epoxide rings is 1. The van der Waals surface area contributed by atoms with Crippen LogP contribution in [-0.2, 0) is 14.3 Å². The molecule has 18 heavy (non-hydrogen) atoms. The molecule has 0 amide bonds. The minimum absolute atomic E-state index is 0.00325. The first-order chi connectivity index (χ1) is 8.34. The molecule has 104 valence electrons. The summed E-state index contributed by atoms with van der Waals surface area (Å²) in [6.45, 7) is 10.4. The molecule has 1 heterocycles. The van der Waals surface area contributed by atoms with Crippen LogP contribution in [0.1, 0.15) is 53.9 Å². The minimum Gasteiger partial charge on any atom is -0.460 e. The molecule has 0 N–H and O–H groups in total. The van der Waals surface area contributed by atoms with Gasteiger partial charge in [-0.25, -0.2) is 4.79 Å². The highest BCUT2D eigenvalue weighted by Gasteiger charge is 2.58. The Kier molecular flexibility index (Phi) is 3.72. The van der Waals surface area contributed by atoms with Crippen molar-refractivity contribution in [1.82, 2.24) is 0 Å². The summed E-state index contributed by atoms with van der Waals surface area (Å²) in [7, 11) is 0. The second-order valence-corrected chi connectivity index (χ2v) is 6.64. The zero-order valence-electron chi connectivity index (χ0n) is 12.2. The lowest BCUT2D eigenvalue weighted by Gasteiger charge is -2.37. The third-order valence-electron chi connectivity index (χ3n) is 4.77. The number of carbonyl (C=O) groups excluding carboxylic acids is 1. The van der Waals surface area contributed by atoms with Gasteiger partial charge in [0.1, 0.15) is 6.10 Å². The van der Waals surface area contributed by atoms with Crippen molar-refractivity contribution in [1.29, 1.82) is 0 Å². The van der Waals surface area contributed by atoms with E-state index in [1.54, 1.807) is 0 Å². The van der Waals surface area contributed by atoms with E-state index in [0.29, 0.717) is 17.8 Å². The zero-order chi connectivity index (χ0) is 13.5. The van der Waals surface area contributed by atoms with Crippen molar-refractivity contribution in [2.45, 2.75) is 71.7 Å². The fraction of sp³-hybridized carbons (Fsp3) is 0.933. The van der Waals surface area contributed by atoms with Crippen LogP contribution in [0.4, 0.5) is 0 Å². The normalized spacial score (nSPS) is 43.9. The Labute approximate surface area is 110 Å². The quantitative estimate of drug-likeness (QED) is 0.573. The van der Waals surface area contributed by atoms with Gasteiger partial charge in [0.2, 0.25) is 0 Å². The Morgan fingerprint density at radius 1 is 1.33 bits per heavy atom. The van der Waals surface area contributed by atoms with Crippen LogP contribution in [0.3, 0.4) is 0 Å². The van der Waals surface area contributed by atoms with Gasteiger partial charge in [-0.05, 0) is 44.4 Å². The first-order valence-electron chi connectivity index (χ1n) is 7.23. The molecule has 2 aliphatic rings. The third-order valence-corrected chi connectivity index (χ3v) is 4.77. The van der Waals surface area contributed by atoms with Crippen LogP contribution in [0.2, 0.25) is 0 Å². The van der Waals surface area contributed by atoms with E-state index in [1.165, 1.54) is 12.8 Å². The van der Waals surface area contributed by atoms with Crippen LogP contribution in [0.5, 0.6) is 0 Å². The number of carbonyl (C=O) groups is 1. The van der Waals surface area contributed by atoms with Crippen molar-refractivity contribution < 1.29 is 14.3 Å². The van der Waals surface area contributed by atoms with E-state index < -0.39 is 5.60 Å². The Hall–Kier alpha value is -0.570. The van der Waals surface area contributed by atoms with E-state index in [-0.39, 0.29) is 18.2 Å². The topological polar surface area (TPSA) is 38.8 Å². The van der Waals surface area contributed by atoms with E-state index in [9.17, 15) is 4.79 Å². The maximum Gasteiger partial charge on any atom is 0.341 e. The maximum absolute atomic E-state index is 12.1. The smallest absolute Gasteiger partial charge is 0.341 e. The molecule has 0 aromatic heterocycles. The van der Waals surface area contributed by atoms with E-state index in [1.807, 2.05) is 13.8 Å². The van der Waals surface area contributed by atoms with Gasteiger partial charge in [-0.15, -0.1) is 0 Å². The largest absolute Gasteiger partial charge is 0.460 e. The van der Waals surface area contributed by atoms with E-state index in [4.69, 9.17) is 9.47 Å². The highest BCUT2D eigenvalue weighted by molar-refractivity contribution is 5.82. The van der Waals surface area contributed by atoms with Gasteiger partial charge in [-0.2, -0.15) is 0 Å². The summed E-state index contributed by atoms with van der Waals surface area (Å²) in [5.41, 5.74) is -0.678. The highest BCUT2D eigenvalue weighted by atomic mass is 16.7. The monoisotopic (exact) mass is 254 g/mol. The molecular weight excluding hydrogens is 228 g/mol. The average Bonchev–Trinajstić information content (AvgIpc) is 2.88. The second kappa shape index (κ2) is 4.84. The lowest BCUT2D eigenvalue weighted by atomic mass is 9.75. The molecule has 0 spiro atoms. The Morgan fingerprint density at radius 3 is 2.44 bits per heavy atom. The van der Waals surface area contributed by atoms with Gasteiger partial charge in [0.05, 0.1) is 6.10 Å². The number of ether oxygens (including phenoxy) is 2. The van der Waals surface area contributed by atoms with Crippen molar-refractivity contribution in [3.63, 3.8) is 0 Å². The fourth-order valence-electron chi connectivity index (χ4n) is 3.05. The van der Waals surface area contributed by atoms with Crippen molar-refractivity contribution in [2.24, 2.45) is 17.8 Å². The molecule has 1 aliphatic carbocycles. The Bertz CT molecular complexity index is 326. The number of hydrogen-bond acceptors (Lipinski definition) is 3. The molecule has 1 saturated heterocycles. The molecule has 2 rings (SSSR count). The van der Waals surface area contributed by atoms with Gasteiger partial charge in [0.15, 0.2) is 5.60 Å². The lowest BCUT2D eigenvalue weighted by molar-refractivity contribution is -0.161. The van der Waals surface area contributed by atoms with Crippen molar-refractivity contribution in [2.75, 3.05) is 0 Å². The van der Waals surface area contributed by atoms with Gasteiger partial charge in [-0.1, -0.05) is 27.2 Å². The van der Waals surface area contributed by atoms with Gasteiger partial charge in [0.25, 0.3) is 0 Å². The van der Waals surface area contributed by atoms with E-state index in [0.717, 1.165) is 6.42 Å². The molecule has 0 radical (unpaired) electrons. The summed E-state index contributed by atoms with van der Waals surface area (Å²) in [6.07, 6.45) is 3.50. The van der Waals surface area contributed by atoms with E-state index in [2.05, 4.69) is 20.8 Å². The van der Waals surface area contributed by atoms with Gasteiger partial charge in [0, 0.05) is 0 Å². The highest BCUT2D eigenvalue weighted by Crippen LogP contribution is 2.40. The molecule has 3 heteroatoms. The molecule has 0 aromatic carbocycles. The number of hydrogen-bond donors (Lipinski definition) is 0. The van der Waals surface area contributed by atoms with Gasteiger partial charge >= 0.3 is 5.97 Å². The van der Waals surface area contributed by atoms with Gasteiger partial charge in [-0.3, -0.25) is 0 Å². The maximum atomic E-state index is 12.1. The summed E-state index contributed by atoms with van der Waals surface area (Å²) in [6, 6.07) is 0. The zero-order valence-corrected chi connectivity index (χ0v) is 12.2. The molecule has 1 aliphatic heterocycles. The predicted octanol–water partition coefficient (Wildman–Crippen LogP) is 3.17. The first kappa shape index (κ1) is 13.9. The minimum atomic E-state index is -0.678. The molecule has 3 nitrogen and oxygen atoms in total. The second-order valence-electron chi connectivity index (χ2n) is 6.64. The first-order valence-corrected chi connectivity index (χ1v) is 7.23. The standard InChI is InChI=1S/C15H26O3/c1-9(2)12-7-6-10(3)8-13(12)17-14(16)15(5)11(4)18-15/h9-13H,6-8H2,1-5H3/t10-,11+,12+,13-,15-/m1/s1. The summed E-state index contributed by atoms with van der Waals surface area (Å²) in [5.74, 6) is 1.56. The molecule has 1 saturated carbocycles. The van der Waals surface area contributed by atoms with Crippen LogP contribution in [0.25, 0.3) is 0 Å². The molecule has 0 unspecified atom stereocenters. The Morgan fingerprint density at radius 2 is 1.94 bits per heavy atom. The molecule has 0 bridgehead atoms. The molecule has 0 aromatic rings. The third kappa shape index (κ3) is 2.56. The van der Waals surface area contributed by atoms with Crippen LogP contribution in [-0.4, -0.2) is 23.8 Å². The average molecular weight is 254 g/mol. The van der Waals surface area contributed by atoms with Crippen molar-refractivity contribution >= 4 is 5.97 Å². The SMILES string of the molecule is CC(C)[C@@H]1CC[C@@H](C)C[C@H]1OC(=O)[C@]1(C)O[C@H]1C. The van der Waals surface area contributed by atoms with Gasteiger partial charge < -0.3 is 9.47 Å². The summed E-state index contributed by atoms with van der Waals surface area (Å²) < 4.78 is 11.1.